The van der Waals surface area contributed by atoms with Gasteiger partial charge >= 0.3 is 5.97 Å². The van der Waals surface area contributed by atoms with Gasteiger partial charge in [0.15, 0.2) is 11.6 Å². The Morgan fingerprint density at radius 1 is 1.05 bits per heavy atom. The van der Waals surface area contributed by atoms with Crippen molar-refractivity contribution in [3.05, 3.63) is 53.2 Å². The predicted molar refractivity (Wildman–Crippen MR) is 60.8 cm³/mol. The number of carbonyl (C=O) groups is 1. The third-order valence-electron chi connectivity index (χ3n) is 2.35. The zero-order valence-corrected chi connectivity index (χ0v) is 9.62. The van der Waals surface area contributed by atoms with Crippen molar-refractivity contribution in [3.63, 3.8) is 0 Å². The lowest BCUT2D eigenvalue weighted by Gasteiger charge is -2.09. The van der Waals surface area contributed by atoms with E-state index in [0.717, 1.165) is 0 Å². The summed E-state index contributed by atoms with van der Waals surface area (Å²) < 4.78 is 52.1. The molecule has 20 heavy (non-hydrogen) atoms. The van der Waals surface area contributed by atoms with Gasteiger partial charge < -0.3 is 10.4 Å². The summed E-state index contributed by atoms with van der Waals surface area (Å²) in [5, 5.41) is 11.0. The molecule has 0 aliphatic rings. The van der Waals surface area contributed by atoms with Crippen LogP contribution >= 0.6 is 0 Å². The fourth-order valence-corrected chi connectivity index (χ4v) is 1.45. The number of hydrogen-bond acceptors (Lipinski definition) is 3. The van der Waals surface area contributed by atoms with Crippen LogP contribution in [0.5, 0.6) is 0 Å². The Bertz CT molecular complexity index is 691. The molecule has 2 N–H and O–H groups in total. The Labute approximate surface area is 109 Å². The molecule has 0 spiro atoms. The number of hydrogen-bond donors (Lipinski definition) is 2. The normalized spacial score (nSPS) is 10.4. The van der Waals surface area contributed by atoms with Crippen molar-refractivity contribution in [2.45, 2.75) is 0 Å². The lowest BCUT2D eigenvalue weighted by atomic mass is 10.2. The number of carboxylic acids is 1. The fourth-order valence-electron chi connectivity index (χ4n) is 1.45. The van der Waals surface area contributed by atoms with E-state index in [-0.39, 0.29) is 0 Å². The summed E-state index contributed by atoms with van der Waals surface area (Å²) >= 11 is 0. The molecule has 0 saturated carbocycles. The lowest BCUT2D eigenvalue weighted by Crippen LogP contribution is -2.07. The van der Waals surface area contributed by atoms with Crippen LogP contribution in [0, 0.1) is 23.3 Å². The Balaban J connectivity index is 2.45. The van der Waals surface area contributed by atoms with E-state index in [2.05, 4.69) is 10.3 Å². The molecule has 4 nitrogen and oxygen atoms in total. The second-order valence-electron chi connectivity index (χ2n) is 3.73. The van der Waals surface area contributed by atoms with E-state index in [1.807, 2.05) is 0 Å². The molecule has 104 valence electrons. The minimum Gasteiger partial charge on any atom is -0.478 e. The molecule has 0 atom stereocenters. The van der Waals surface area contributed by atoms with Gasteiger partial charge in [0.25, 0.3) is 0 Å². The van der Waals surface area contributed by atoms with Crippen LogP contribution in [0.2, 0.25) is 0 Å². The molecular formula is C12H6F4N2O2. The maximum absolute atomic E-state index is 13.4. The van der Waals surface area contributed by atoms with Crippen molar-refractivity contribution in [3.8, 4) is 0 Å². The molecule has 1 aromatic heterocycles. The minimum atomic E-state index is -1.51. The first-order valence-corrected chi connectivity index (χ1v) is 5.19. The van der Waals surface area contributed by atoms with Crippen molar-refractivity contribution < 1.29 is 27.5 Å². The first kappa shape index (κ1) is 13.8. The molecule has 0 unspecified atom stereocenters. The van der Waals surface area contributed by atoms with Crippen LogP contribution in [-0.2, 0) is 0 Å². The molecule has 8 heteroatoms. The Morgan fingerprint density at radius 2 is 1.70 bits per heavy atom. The van der Waals surface area contributed by atoms with Crippen LogP contribution in [-0.4, -0.2) is 16.1 Å². The van der Waals surface area contributed by atoms with Crippen molar-refractivity contribution in [2.24, 2.45) is 0 Å². The van der Waals surface area contributed by atoms with Gasteiger partial charge in [-0.1, -0.05) is 0 Å². The van der Waals surface area contributed by atoms with Gasteiger partial charge in [0.1, 0.15) is 23.0 Å². The number of anilines is 2. The zero-order chi connectivity index (χ0) is 14.9. The summed E-state index contributed by atoms with van der Waals surface area (Å²) in [5.41, 5.74) is -1.10. The van der Waals surface area contributed by atoms with Gasteiger partial charge in [-0.05, 0) is 6.07 Å². The minimum absolute atomic E-state index is 0.293. The highest BCUT2D eigenvalue weighted by atomic mass is 19.2. The molecular weight excluding hydrogens is 280 g/mol. The summed E-state index contributed by atoms with van der Waals surface area (Å²) in [6.45, 7) is 0. The van der Waals surface area contributed by atoms with E-state index >= 15 is 0 Å². The van der Waals surface area contributed by atoms with Gasteiger partial charge in [-0.15, -0.1) is 0 Å². The number of pyridine rings is 1. The first-order chi connectivity index (χ1) is 9.38. The summed E-state index contributed by atoms with van der Waals surface area (Å²) in [4.78, 5) is 14.3. The third kappa shape index (κ3) is 2.68. The standard InChI is InChI=1S/C12H6F4N2O2/c13-5-1-6(12(19)20)11(17-4-5)18-10-3-8(15)7(14)2-9(10)16/h1-4H,(H,17,18)(H,19,20). The van der Waals surface area contributed by atoms with E-state index in [1.54, 1.807) is 0 Å². The van der Waals surface area contributed by atoms with Gasteiger partial charge in [0.2, 0.25) is 0 Å². The number of aromatic nitrogens is 1. The maximum atomic E-state index is 13.4. The second kappa shape index (κ2) is 5.16. The molecule has 0 aliphatic heterocycles. The van der Waals surface area contributed by atoms with Crippen LogP contribution in [0.25, 0.3) is 0 Å². The SMILES string of the molecule is O=C(O)c1cc(F)cnc1Nc1cc(F)c(F)cc1F. The highest BCUT2D eigenvalue weighted by molar-refractivity contribution is 5.93. The molecule has 2 aromatic rings. The Morgan fingerprint density at radius 3 is 2.35 bits per heavy atom. The van der Waals surface area contributed by atoms with Crippen LogP contribution in [0.3, 0.4) is 0 Å². The highest BCUT2D eigenvalue weighted by Gasteiger charge is 2.16. The Kier molecular flexibility index (Phi) is 3.55. The van der Waals surface area contributed by atoms with Gasteiger partial charge in [0.05, 0.1) is 11.9 Å². The average Bonchev–Trinajstić information content (AvgIpc) is 2.37. The topological polar surface area (TPSA) is 62.2 Å². The van der Waals surface area contributed by atoms with Crippen molar-refractivity contribution in [2.75, 3.05) is 5.32 Å². The van der Waals surface area contributed by atoms with E-state index < -0.39 is 46.3 Å². The molecule has 0 saturated heterocycles. The quantitative estimate of drug-likeness (QED) is 0.672. The molecule has 0 aliphatic carbocycles. The van der Waals surface area contributed by atoms with E-state index in [4.69, 9.17) is 5.11 Å². The van der Waals surface area contributed by atoms with Gasteiger partial charge in [-0.2, -0.15) is 0 Å². The molecule has 1 heterocycles. The summed E-state index contributed by atoms with van der Waals surface area (Å²) in [6, 6.07) is 1.46. The highest BCUT2D eigenvalue weighted by Crippen LogP contribution is 2.24. The van der Waals surface area contributed by atoms with E-state index in [0.29, 0.717) is 24.4 Å². The molecule has 0 bridgehead atoms. The van der Waals surface area contributed by atoms with Crippen LogP contribution in [0.4, 0.5) is 29.1 Å². The Hall–Kier alpha value is -2.64. The van der Waals surface area contributed by atoms with Gasteiger partial charge in [-0.25, -0.2) is 27.3 Å². The molecule has 2 rings (SSSR count). The van der Waals surface area contributed by atoms with Gasteiger partial charge in [-0.3, -0.25) is 0 Å². The smallest absolute Gasteiger partial charge is 0.339 e. The van der Waals surface area contributed by atoms with Crippen molar-refractivity contribution in [1.29, 1.82) is 0 Å². The average molecular weight is 286 g/mol. The monoisotopic (exact) mass is 286 g/mol. The fraction of sp³-hybridized carbons (Fsp3) is 0. The van der Waals surface area contributed by atoms with Gasteiger partial charge in [0, 0.05) is 12.1 Å². The molecule has 0 amide bonds. The third-order valence-corrected chi connectivity index (χ3v) is 2.35. The second-order valence-corrected chi connectivity index (χ2v) is 3.73. The number of nitrogens with zero attached hydrogens (tertiary/aromatic N) is 1. The number of aromatic carboxylic acids is 1. The summed E-state index contributed by atoms with van der Waals surface area (Å²) in [6.07, 6.45) is 0.701. The summed E-state index contributed by atoms with van der Waals surface area (Å²) in [5.74, 6) is -6.68. The number of benzene rings is 1. The zero-order valence-electron chi connectivity index (χ0n) is 9.62. The van der Waals surface area contributed by atoms with E-state index in [9.17, 15) is 22.4 Å². The number of nitrogens with one attached hydrogen (secondary N) is 1. The van der Waals surface area contributed by atoms with Crippen LogP contribution in [0.15, 0.2) is 24.4 Å². The molecule has 0 radical (unpaired) electrons. The maximum Gasteiger partial charge on any atom is 0.339 e. The predicted octanol–water partition coefficient (Wildman–Crippen LogP) is 3.08. The van der Waals surface area contributed by atoms with Crippen LogP contribution in [0.1, 0.15) is 10.4 Å². The van der Waals surface area contributed by atoms with Crippen molar-refractivity contribution >= 4 is 17.5 Å². The number of rotatable bonds is 3. The first-order valence-electron chi connectivity index (χ1n) is 5.19. The lowest BCUT2D eigenvalue weighted by molar-refractivity contribution is 0.0697. The summed E-state index contributed by atoms with van der Waals surface area (Å²) in [7, 11) is 0. The van der Waals surface area contributed by atoms with Crippen LogP contribution < -0.4 is 5.32 Å². The molecule has 1 aromatic carbocycles. The largest absolute Gasteiger partial charge is 0.478 e. The number of carboxylic acid groups (broad SMARTS) is 1. The molecule has 0 fully saturated rings. The van der Waals surface area contributed by atoms with E-state index in [1.165, 1.54) is 0 Å². The van der Waals surface area contributed by atoms with Crippen molar-refractivity contribution in [1.82, 2.24) is 4.98 Å². The number of halogens is 4.